The molecule has 4 aromatic carbocycles. The van der Waals surface area contributed by atoms with Crippen LogP contribution in [0.5, 0.6) is 0 Å². The number of benzene rings is 4. The molecule has 57 heavy (non-hydrogen) atoms. The molecule has 3 aromatic heterocycles. The van der Waals surface area contributed by atoms with Gasteiger partial charge in [0.1, 0.15) is 22.6 Å². The first-order valence-electron chi connectivity index (χ1n) is 19.7. The van der Waals surface area contributed by atoms with E-state index in [1.54, 1.807) is 0 Å². The molecule has 0 radical (unpaired) electrons. The minimum atomic E-state index is -0.259. The number of hydrogen-bond donors (Lipinski definition) is 2. The van der Waals surface area contributed by atoms with E-state index in [4.69, 9.17) is 29.9 Å². The molecule has 2 aliphatic rings. The Morgan fingerprint density at radius 2 is 0.596 bits per heavy atom. The van der Waals surface area contributed by atoms with E-state index in [9.17, 15) is 0 Å². The minimum Gasteiger partial charge on any atom is -0.324 e. The fourth-order valence-corrected chi connectivity index (χ4v) is 8.90. The maximum absolute atomic E-state index is 5.53. The van der Waals surface area contributed by atoms with E-state index in [0.717, 1.165) is 55.1 Å². The third-order valence-electron chi connectivity index (χ3n) is 11.0. The molecule has 5 heterocycles. The molecule has 2 N–H and O–H groups in total. The van der Waals surface area contributed by atoms with Gasteiger partial charge in [-0.05, 0) is 43.9 Å². The summed E-state index contributed by atoms with van der Waals surface area (Å²) in [6.45, 7) is 28.0. The average molecular weight is 803 g/mol. The molecule has 9 rings (SSSR count). The van der Waals surface area contributed by atoms with Gasteiger partial charge in [0, 0.05) is 43.8 Å². The van der Waals surface area contributed by atoms with Gasteiger partial charge < -0.3 is 9.97 Å². The quantitative estimate of drug-likeness (QED) is 0.148. The fraction of sp³-hybridized carbons (Fsp3) is 0.333. The Labute approximate surface area is 345 Å². The average Bonchev–Trinajstić information content (AvgIpc) is 3.84. The van der Waals surface area contributed by atoms with Crippen LogP contribution < -0.4 is 0 Å². The van der Waals surface area contributed by atoms with Crippen LogP contribution >= 0.6 is 0 Å². The minimum absolute atomic E-state index is 0. The third-order valence-corrected chi connectivity index (χ3v) is 11.0. The summed E-state index contributed by atoms with van der Waals surface area (Å²) in [5.41, 5.74) is 10.9. The second kappa shape index (κ2) is 12.9. The number of nitrogens with one attached hydrogen (secondary N) is 2. The molecule has 0 saturated heterocycles. The molecule has 2 aliphatic heterocycles. The van der Waals surface area contributed by atoms with E-state index in [2.05, 4.69) is 129 Å². The van der Waals surface area contributed by atoms with Crippen molar-refractivity contribution in [1.82, 2.24) is 39.9 Å². The van der Waals surface area contributed by atoms with Gasteiger partial charge in [-0.25, -0.2) is 29.9 Å². The largest absolute Gasteiger partial charge is 1.00 e. The summed E-state index contributed by atoms with van der Waals surface area (Å²) in [4.78, 5) is 39.2. The first-order chi connectivity index (χ1) is 26.3. The normalized spacial score (nSPS) is 13.1. The van der Waals surface area contributed by atoms with Crippen molar-refractivity contribution in [3.8, 4) is 45.6 Å². The van der Waals surface area contributed by atoms with E-state index in [1.807, 2.05) is 36.4 Å². The van der Waals surface area contributed by atoms with Gasteiger partial charge in [-0.15, -0.1) is 0 Å². The summed E-state index contributed by atoms with van der Waals surface area (Å²) in [7, 11) is 0. The van der Waals surface area contributed by atoms with Crippen molar-refractivity contribution in [3.05, 3.63) is 95.1 Å². The predicted octanol–water partition coefficient (Wildman–Crippen LogP) is 12.1. The molecule has 0 atom stereocenters. The molecule has 0 saturated carbocycles. The van der Waals surface area contributed by atoms with Crippen molar-refractivity contribution >= 4 is 44.1 Å². The Kier molecular flexibility index (Phi) is 8.73. The second-order valence-corrected chi connectivity index (χ2v) is 19.5. The molecular weight excluding hydrogens is 752 g/mol. The van der Waals surface area contributed by atoms with Crippen LogP contribution in [0.25, 0.3) is 89.7 Å². The van der Waals surface area contributed by atoms with Gasteiger partial charge in [0.15, 0.2) is 23.3 Å². The van der Waals surface area contributed by atoms with Crippen molar-refractivity contribution < 1.29 is 17.1 Å². The molecule has 8 bridgehead atoms. The molecule has 0 unspecified atom stereocenters. The van der Waals surface area contributed by atoms with Gasteiger partial charge in [-0.3, -0.25) is 0 Å². The number of nitrogens with zero attached hydrogens (tertiary/aromatic N) is 6. The monoisotopic (exact) mass is 801 g/mol. The van der Waals surface area contributed by atoms with E-state index in [-0.39, 0.29) is 38.7 Å². The van der Waals surface area contributed by atoms with Crippen molar-refractivity contribution in [3.63, 3.8) is 0 Å². The van der Waals surface area contributed by atoms with E-state index in [0.29, 0.717) is 34.6 Å². The van der Waals surface area contributed by atoms with Gasteiger partial charge in [0.05, 0.1) is 0 Å². The number of aromatic nitrogens is 8. The Bertz CT molecular complexity index is 2760. The van der Waals surface area contributed by atoms with Crippen molar-refractivity contribution in [1.29, 1.82) is 0 Å². The van der Waals surface area contributed by atoms with Gasteiger partial charge >= 0.3 is 17.1 Å². The fourth-order valence-electron chi connectivity index (χ4n) is 8.90. The van der Waals surface area contributed by atoms with Crippen LogP contribution in [0.4, 0.5) is 0 Å². The van der Waals surface area contributed by atoms with Crippen LogP contribution in [-0.2, 0) is 38.7 Å². The number of aromatic amines is 2. The van der Waals surface area contributed by atoms with Crippen LogP contribution in [0.1, 0.15) is 105 Å². The standard InChI is InChI=1S/C48H50N8.Cu/c1-45(2,3)33-31-32(34(46(4,5)6)36(48(10,11)12)35(33)47(7,8)9)44-55-42-30-24-18-16-22-28(30)40(53-42)51-38-26-20-14-13-19-25(26)37(49-38)50-39-27-21-15-17-23-29(27)41(52-39)54-43(31)56-44;/h13-24H,1-12H3,(H2,49,50,51,52,53,54,55,56);/q;+1. The number of fused-ring (bicyclic) bond motifs is 20. The first-order valence-corrected chi connectivity index (χ1v) is 19.7. The van der Waals surface area contributed by atoms with Gasteiger partial charge in [0.25, 0.3) is 0 Å². The summed E-state index contributed by atoms with van der Waals surface area (Å²) in [5.74, 6) is 2.41. The Morgan fingerprint density at radius 1 is 0.333 bits per heavy atom. The summed E-state index contributed by atoms with van der Waals surface area (Å²) >= 11 is 0. The van der Waals surface area contributed by atoms with Gasteiger partial charge in [0.2, 0.25) is 0 Å². The van der Waals surface area contributed by atoms with Crippen LogP contribution in [0.2, 0.25) is 0 Å². The number of hydrogen-bond acceptors (Lipinski definition) is 6. The molecule has 0 spiro atoms. The van der Waals surface area contributed by atoms with Crippen LogP contribution in [-0.4, -0.2) is 39.9 Å². The molecule has 0 aliphatic carbocycles. The van der Waals surface area contributed by atoms with Crippen LogP contribution in [0, 0.1) is 0 Å². The molecule has 8 nitrogen and oxygen atoms in total. The summed E-state index contributed by atoms with van der Waals surface area (Å²) in [6, 6.07) is 24.6. The SMILES string of the molecule is CC(C)(C)c1c(C(C)(C)C)c(C(C)(C)C)c2c3nc4nc(nc5[nH]c(nc6nc(nc([nH]3)c2c1C(C)(C)C)-c1ccccc1-6)c1ccccc51)-c1ccccc1-4.[Cu+]. The Balaban J connectivity index is 0.00000455. The van der Waals surface area contributed by atoms with E-state index >= 15 is 0 Å². The predicted molar refractivity (Wildman–Crippen MR) is 231 cm³/mol. The van der Waals surface area contributed by atoms with Crippen molar-refractivity contribution in [2.24, 2.45) is 0 Å². The second-order valence-electron chi connectivity index (χ2n) is 19.5. The molecular formula is C48H50CuN8+. The molecule has 0 amide bonds. The third kappa shape index (κ3) is 6.18. The summed E-state index contributed by atoms with van der Waals surface area (Å²) in [6.07, 6.45) is 0. The Morgan fingerprint density at radius 3 is 0.895 bits per heavy atom. The van der Waals surface area contributed by atoms with Crippen LogP contribution in [0.3, 0.4) is 0 Å². The number of rotatable bonds is 0. The summed E-state index contributed by atoms with van der Waals surface area (Å²) < 4.78 is 0. The van der Waals surface area contributed by atoms with Crippen LogP contribution in [0.15, 0.2) is 72.8 Å². The smallest absolute Gasteiger partial charge is 0.324 e. The van der Waals surface area contributed by atoms with Gasteiger partial charge in [-0.1, -0.05) is 156 Å². The zero-order valence-corrected chi connectivity index (χ0v) is 35.9. The Hall–Kier alpha value is -5.24. The number of H-pyrrole nitrogens is 2. The molecule has 0 fully saturated rings. The maximum atomic E-state index is 5.53. The summed E-state index contributed by atoms with van der Waals surface area (Å²) in [5, 5.41) is 4.06. The van der Waals surface area contributed by atoms with E-state index < -0.39 is 0 Å². The maximum Gasteiger partial charge on any atom is 1.00 e. The molecule has 7 aromatic rings. The zero-order chi connectivity index (χ0) is 39.7. The van der Waals surface area contributed by atoms with Crippen molar-refractivity contribution in [2.75, 3.05) is 0 Å². The molecule has 9 heteroatoms. The topological polar surface area (TPSA) is 109 Å². The van der Waals surface area contributed by atoms with Crippen molar-refractivity contribution in [2.45, 2.75) is 105 Å². The van der Waals surface area contributed by atoms with Gasteiger partial charge in [-0.2, -0.15) is 0 Å². The molecule has 292 valence electrons. The van der Waals surface area contributed by atoms with E-state index in [1.165, 1.54) is 22.3 Å². The zero-order valence-electron chi connectivity index (χ0n) is 34.9. The first kappa shape index (κ1) is 38.6.